The summed E-state index contributed by atoms with van der Waals surface area (Å²) in [4.78, 5) is 22.4. The van der Waals surface area contributed by atoms with E-state index in [-0.39, 0.29) is 11.8 Å². The van der Waals surface area contributed by atoms with Crippen molar-refractivity contribution in [3.05, 3.63) is 12.7 Å². The van der Waals surface area contributed by atoms with E-state index in [1.807, 2.05) is 0 Å². The van der Waals surface area contributed by atoms with Crippen molar-refractivity contribution in [3.63, 3.8) is 0 Å². The summed E-state index contributed by atoms with van der Waals surface area (Å²) < 4.78 is 0. The number of hydrogen-bond donors (Lipinski definition) is 3. The zero-order valence-corrected chi connectivity index (χ0v) is 13.2. The summed E-state index contributed by atoms with van der Waals surface area (Å²) in [5.41, 5.74) is 5.44. The zero-order chi connectivity index (χ0) is 15.8. The third-order valence-electron chi connectivity index (χ3n) is 3.27. The minimum Gasteiger partial charge on any atom is -0.356 e. The molecule has 0 saturated heterocycles. The van der Waals surface area contributed by atoms with Gasteiger partial charge in [-0.3, -0.25) is 9.59 Å². The first-order valence-electron chi connectivity index (χ1n) is 8.07. The Morgan fingerprint density at radius 1 is 0.857 bits per heavy atom. The summed E-state index contributed by atoms with van der Waals surface area (Å²) in [6, 6.07) is 0. The van der Waals surface area contributed by atoms with Gasteiger partial charge in [-0.1, -0.05) is 38.7 Å². The smallest absolute Gasteiger partial charge is 0.243 e. The molecule has 0 atom stereocenters. The Labute approximate surface area is 128 Å². The van der Waals surface area contributed by atoms with E-state index in [4.69, 9.17) is 5.73 Å². The fourth-order valence-electron chi connectivity index (χ4n) is 2.00. The van der Waals surface area contributed by atoms with Gasteiger partial charge in [-0.25, -0.2) is 0 Å². The van der Waals surface area contributed by atoms with E-state index >= 15 is 0 Å². The Kier molecular flexibility index (Phi) is 14.1. The van der Waals surface area contributed by atoms with Crippen molar-refractivity contribution in [2.75, 3.05) is 19.6 Å². The van der Waals surface area contributed by atoms with Crippen LogP contribution in [0.3, 0.4) is 0 Å². The summed E-state index contributed by atoms with van der Waals surface area (Å²) in [6.07, 6.45) is 10.7. The molecule has 21 heavy (non-hydrogen) atoms. The number of unbranched alkanes of at least 4 members (excludes halogenated alkanes) is 6. The van der Waals surface area contributed by atoms with Crippen LogP contribution in [0.4, 0.5) is 0 Å². The lowest BCUT2D eigenvalue weighted by molar-refractivity contribution is -0.121. The maximum Gasteiger partial charge on any atom is 0.243 e. The minimum absolute atomic E-state index is 0.105. The third-order valence-corrected chi connectivity index (χ3v) is 3.27. The predicted molar refractivity (Wildman–Crippen MR) is 86.8 cm³/mol. The molecule has 0 aromatic heterocycles. The lowest BCUT2D eigenvalue weighted by atomic mass is 10.1. The molecule has 0 aromatic rings. The molecule has 0 heterocycles. The van der Waals surface area contributed by atoms with E-state index < -0.39 is 0 Å². The van der Waals surface area contributed by atoms with Crippen molar-refractivity contribution >= 4 is 11.8 Å². The summed E-state index contributed by atoms with van der Waals surface area (Å²) >= 11 is 0. The molecule has 0 aliphatic carbocycles. The van der Waals surface area contributed by atoms with Crippen LogP contribution >= 0.6 is 0 Å². The van der Waals surface area contributed by atoms with Gasteiger partial charge >= 0.3 is 0 Å². The van der Waals surface area contributed by atoms with E-state index in [1.54, 1.807) is 0 Å². The van der Waals surface area contributed by atoms with Crippen LogP contribution in [0.15, 0.2) is 12.7 Å². The van der Waals surface area contributed by atoms with Crippen LogP contribution in [-0.2, 0) is 9.59 Å². The van der Waals surface area contributed by atoms with Crippen molar-refractivity contribution < 1.29 is 9.59 Å². The van der Waals surface area contributed by atoms with Gasteiger partial charge in [0.05, 0.1) is 0 Å². The molecule has 5 nitrogen and oxygen atoms in total. The molecule has 0 aliphatic heterocycles. The molecule has 0 rings (SSSR count). The van der Waals surface area contributed by atoms with E-state index in [1.165, 1.54) is 31.8 Å². The molecule has 0 unspecified atom stereocenters. The molecule has 0 radical (unpaired) electrons. The third kappa shape index (κ3) is 14.9. The number of carbonyl (C=O) groups is 2. The SMILES string of the molecule is C=CC(=O)NCCCNC(=O)CCCCCCCCCN. The van der Waals surface area contributed by atoms with Gasteiger partial charge in [0.25, 0.3) is 0 Å². The van der Waals surface area contributed by atoms with Gasteiger partial charge in [0.15, 0.2) is 0 Å². The van der Waals surface area contributed by atoms with Gasteiger partial charge in [-0.15, -0.1) is 0 Å². The first-order chi connectivity index (χ1) is 10.2. The standard InChI is InChI=1S/C16H31N3O2/c1-2-15(20)18-13-10-14-19-16(21)11-8-6-4-3-5-7-9-12-17/h2H,1,3-14,17H2,(H,18,20)(H,19,21). The zero-order valence-electron chi connectivity index (χ0n) is 13.2. The Balaban J connectivity index is 3.23. The number of amides is 2. The lowest BCUT2D eigenvalue weighted by Gasteiger charge is -2.06. The maximum absolute atomic E-state index is 11.5. The van der Waals surface area contributed by atoms with Crippen molar-refractivity contribution in [1.82, 2.24) is 10.6 Å². The van der Waals surface area contributed by atoms with Crippen LogP contribution in [0.2, 0.25) is 0 Å². The first kappa shape index (κ1) is 19.6. The molecular weight excluding hydrogens is 266 g/mol. The molecule has 0 aromatic carbocycles. The number of rotatable bonds is 14. The van der Waals surface area contributed by atoms with E-state index in [0.717, 1.165) is 32.2 Å². The Morgan fingerprint density at radius 2 is 1.43 bits per heavy atom. The largest absolute Gasteiger partial charge is 0.356 e. The van der Waals surface area contributed by atoms with Gasteiger partial charge < -0.3 is 16.4 Å². The monoisotopic (exact) mass is 297 g/mol. The van der Waals surface area contributed by atoms with Crippen molar-refractivity contribution in [2.45, 2.75) is 57.8 Å². The average Bonchev–Trinajstić information content (AvgIpc) is 2.49. The number of carbonyl (C=O) groups excluding carboxylic acids is 2. The quantitative estimate of drug-likeness (QED) is 0.338. The van der Waals surface area contributed by atoms with Crippen LogP contribution < -0.4 is 16.4 Å². The molecule has 2 amide bonds. The lowest BCUT2D eigenvalue weighted by Crippen LogP contribution is -2.28. The molecule has 122 valence electrons. The number of nitrogens with one attached hydrogen (secondary N) is 2. The number of hydrogen-bond acceptors (Lipinski definition) is 3. The van der Waals surface area contributed by atoms with E-state index in [9.17, 15) is 9.59 Å². The van der Waals surface area contributed by atoms with Crippen LogP contribution in [0.5, 0.6) is 0 Å². The fraction of sp³-hybridized carbons (Fsp3) is 0.750. The molecule has 0 saturated carbocycles. The molecule has 0 fully saturated rings. The molecule has 0 aliphatic rings. The minimum atomic E-state index is -0.173. The summed E-state index contributed by atoms with van der Waals surface area (Å²) in [6.45, 7) is 5.33. The Hall–Kier alpha value is -1.36. The molecule has 0 bridgehead atoms. The summed E-state index contributed by atoms with van der Waals surface area (Å²) in [5.74, 6) is -0.0685. The van der Waals surface area contributed by atoms with Crippen molar-refractivity contribution in [3.8, 4) is 0 Å². The molecule has 4 N–H and O–H groups in total. The predicted octanol–water partition coefficient (Wildman–Crippen LogP) is 1.87. The Morgan fingerprint density at radius 3 is 2.05 bits per heavy atom. The first-order valence-corrected chi connectivity index (χ1v) is 8.07. The van der Waals surface area contributed by atoms with E-state index in [2.05, 4.69) is 17.2 Å². The van der Waals surface area contributed by atoms with Crippen LogP contribution in [0.1, 0.15) is 57.8 Å². The fourth-order valence-corrected chi connectivity index (χ4v) is 2.00. The second-order valence-corrected chi connectivity index (χ2v) is 5.21. The van der Waals surface area contributed by atoms with E-state index in [0.29, 0.717) is 19.5 Å². The van der Waals surface area contributed by atoms with Gasteiger partial charge in [-0.05, 0) is 31.9 Å². The van der Waals surface area contributed by atoms with Crippen molar-refractivity contribution in [2.24, 2.45) is 5.73 Å². The second kappa shape index (κ2) is 15.0. The highest BCUT2D eigenvalue weighted by Gasteiger charge is 2.00. The highest BCUT2D eigenvalue weighted by molar-refractivity contribution is 5.86. The van der Waals surface area contributed by atoms with Crippen molar-refractivity contribution in [1.29, 1.82) is 0 Å². The molecule has 5 heteroatoms. The number of nitrogens with two attached hydrogens (primary N) is 1. The summed E-state index contributed by atoms with van der Waals surface area (Å²) in [7, 11) is 0. The maximum atomic E-state index is 11.5. The van der Waals surface area contributed by atoms with Gasteiger partial charge in [-0.2, -0.15) is 0 Å². The normalized spacial score (nSPS) is 10.1. The molecule has 0 spiro atoms. The van der Waals surface area contributed by atoms with Crippen LogP contribution in [-0.4, -0.2) is 31.4 Å². The van der Waals surface area contributed by atoms with Gasteiger partial charge in [0, 0.05) is 19.5 Å². The van der Waals surface area contributed by atoms with Crippen LogP contribution in [0.25, 0.3) is 0 Å². The topological polar surface area (TPSA) is 84.2 Å². The van der Waals surface area contributed by atoms with Gasteiger partial charge in [0.1, 0.15) is 0 Å². The summed E-state index contributed by atoms with van der Waals surface area (Å²) in [5, 5.41) is 5.53. The van der Waals surface area contributed by atoms with Crippen LogP contribution in [0, 0.1) is 0 Å². The van der Waals surface area contributed by atoms with Gasteiger partial charge in [0.2, 0.25) is 11.8 Å². The average molecular weight is 297 g/mol. The second-order valence-electron chi connectivity index (χ2n) is 5.21. The highest BCUT2D eigenvalue weighted by Crippen LogP contribution is 2.08. The highest BCUT2D eigenvalue weighted by atomic mass is 16.2. The Bertz CT molecular complexity index is 293. The molecular formula is C16H31N3O2.